The fourth-order valence-corrected chi connectivity index (χ4v) is 1.80. The molecule has 4 nitrogen and oxygen atoms in total. The van der Waals surface area contributed by atoms with Gasteiger partial charge in [0.25, 0.3) is 0 Å². The van der Waals surface area contributed by atoms with Crippen molar-refractivity contribution in [1.82, 2.24) is 20.3 Å². The summed E-state index contributed by atoms with van der Waals surface area (Å²) in [7, 11) is 1.93. The second kappa shape index (κ2) is 5.41. The van der Waals surface area contributed by atoms with Crippen molar-refractivity contribution >= 4 is 0 Å². The highest BCUT2D eigenvalue weighted by atomic mass is 15.4. The van der Waals surface area contributed by atoms with E-state index in [1.807, 2.05) is 48.1 Å². The van der Waals surface area contributed by atoms with Crippen LogP contribution in [0.15, 0.2) is 49.2 Å². The largest absolute Gasteiger partial charge is 0.311 e. The van der Waals surface area contributed by atoms with Gasteiger partial charge in [-0.1, -0.05) is 29.5 Å². The third-order valence-corrected chi connectivity index (χ3v) is 2.68. The van der Waals surface area contributed by atoms with Gasteiger partial charge in [-0.3, -0.25) is 0 Å². The summed E-state index contributed by atoms with van der Waals surface area (Å²) in [5, 5.41) is 11.4. The molecule has 2 rings (SSSR count). The van der Waals surface area contributed by atoms with Crippen molar-refractivity contribution in [2.24, 2.45) is 0 Å². The Hall–Kier alpha value is -1.94. The number of hydrogen-bond acceptors (Lipinski definition) is 3. The van der Waals surface area contributed by atoms with E-state index in [2.05, 4.69) is 22.2 Å². The zero-order valence-corrected chi connectivity index (χ0v) is 9.87. The van der Waals surface area contributed by atoms with Crippen LogP contribution in [0.3, 0.4) is 0 Å². The summed E-state index contributed by atoms with van der Waals surface area (Å²) < 4.78 is 1.85. The standard InChI is InChI=1S/C13H16N4/c1-3-7-12(14-2)13-10-15-16-17(13)11-8-5-4-6-9-11/h3-6,8-10,12,14H,1,7H2,2H3. The van der Waals surface area contributed by atoms with Crippen LogP contribution in [0.1, 0.15) is 18.2 Å². The Bertz CT molecular complexity index is 475. The highest BCUT2D eigenvalue weighted by Crippen LogP contribution is 2.18. The van der Waals surface area contributed by atoms with Crippen molar-refractivity contribution in [3.05, 3.63) is 54.9 Å². The van der Waals surface area contributed by atoms with Gasteiger partial charge in [-0.05, 0) is 25.6 Å². The van der Waals surface area contributed by atoms with Crippen LogP contribution in [-0.4, -0.2) is 22.0 Å². The Labute approximate surface area is 101 Å². The molecule has 1 N–H and O–H groups in total. The van der Waals surface area contributed by atoms with E-state index in [4.69, 9.17) is 0 Å². The summed E-state index contributed by atoms with van der Waals surface area (Å²) in [5.74, 6) is 0. The second-order valence-corrected chi connectivity index (χ2v) is 3.77. The third-order valence-electron chi connectivity index (χ3n) is 2.68. The highest BCUT2D eigenvalue weighted by molar-refractivity contribution is 5.32. The Kier molecular flexibility index (Phi) is 3.67. The quantitative estimate of drug-likeness (QED) is 0.797. The minimum Gasteiger partial charge on any atom is -0.311 e. The summed E-state index contributed by atoms with van der Waals surface area (Å²) in [6.45, 7) is 3.77. The van der Waals surface area contributed by atoms with Crippen molar-refractivity contribution in [2.45, 2.75) is 12.5 Å². The predicted octanol–water partition coefficient (Wildman–Crippen LogP) is 2.10. The van der Waals surface area contributed by atoms with Crippen LogP contribution in [0, 0.1) is 0 Å². The molecule has 0 aliphatic heterocycles. The number of para-hydroxylation sites is 1. The Balaban J connectivity index is 2.37. The molecular weight excluding hydrogens is 212 g/mol. The van der Waals surface area contributed by atoms with Crippen molar-refractivity contribution in [2.75, 3.05) is 7.05 Å². The van der Waals surface area contributed by atoms with E-state index in [9.17, 15) is 0 Å². The Morgan fingerprint density at radius 2 is 2.18 bits per heavy atom. The molecule has 4 heteroatoms. The van der Waals surface area contributed by atoms with Gasteiger partial charge < -0.3 is 5.32 Å². The molecule has 1 aromatic carbocycles. The first kappa shape index (κ1) is 11.5. The van der Waals surface area contributed by atoms with Crippen molar-refractivity contribution < 1.29 is 0 Å². The summed E-state index contributed by atoms with van der Waals surface area (Å²) >= 11 is 0. The first-order chi connectivity index (χ1) is 8.36. The van der Waals surface area contributed by atoms with Gasteiger partial charge >= 0.3 is 0 Å². The molecule has 0 amide bonds. The highest BCUT2D eigenvalue weighted by Gasteiger charge is 2.14. The zero-order valence-electron chi connectivity index (χ0n) is 9.87. The van der Waals surface area contributed by atoms with Crippen LogP contribution < -0.4 is 5.32 Å². The SMILES string of the molecule is C=CCC(NC)c1cnnn1-c1ccccc1. The predicted molar refractivity (Wildman–Crippen MR) is 68.0 cm³/mol. The Morgan fingerprint density at radius 1 is 1.41 bits per heavy atom. The first-order valence-electron chi connectivity index (χ1n) is 5.61. The molecule has 1 heterocycles. The molecule has 1 aromatic heterocycles. The van der Waals surface area contributed by atoms with Crippen LogP contribution in [0.5, 0.6) is 0 Å². The number of aromatic nitrogens is 3. The molecule has 1 atom stereocenters. The second-order valence-electron chi connectivity index (χ2n) is 3.77. The van der Waals surface area contributed by atoms with Crippen molar-refractivity contribution in [3.63, 3.8) is 0 Å². The van der Waals surface area contributed by atoms with E-state index in [0.717, 1.165) is 17.8 Å². The van der Waals surface area contributed by atoms with E-state index in [-0.39, 0.29) is 6.04 Å². The summed E-state index contributed by atoms with van der Waals surface area (Å²) in [5.41, 5.74) is 2.06. The van der Waals surface area contributed by atoms with Crippen LogP contribution >= 0.6 is 0 Å². The number of nitrogens with one attached hydrogen (secondary N) is 1. The monoisotopic (exact) mass is 228 g/mol. The summed E-state index contributed by atoms with van der Waals surface area (Å²) in [6, 6.07) is 10.2. The van der Waals surface area contributed by atoms with Gasteiger partial charge in [-0.25, -0.2) is 4.68 Å². The average Bonchev–Trinajstić information content (AvgIpc) is 2.86. The fourth-order valence-electron chi connectivity index (χ4n) is 1.80. The van der Waals surface area contributed by atoms with Crippen molar-refractivity contribution in [3.8, 4) is 5.69 Å². The molecule has 88 valence electrons. The summed E-state index contributed by atoms with van der Waals surface area (Å²) in [4.78, 5) is 0. The van der Waals surface area contributed by atoms with Gasteiger partial charge in [0, 0.05) is 0 Å². The van der Waals surface area contributed by atoms with E-state index >= 15 is 0 Å². The van der Waals surface area contributed by atoms with Gasteiger partial charge in [0.2, 0.25) is 0 Å². The van der Waals surface area contributed by atoms with Gasteiger partial charge in [0.15, 0.2) is 0 Å². The molecule has 0 aliphatic carbocycles. The van der Waals surface area contributed by atoms with Crippen LogP contribution in [-0.2, 0) is 0 Å². The Morgan fingerprint density at radius 3 is 2.82 bits per heavy atom. The molecule has 1 unspecified atom stereocenters. The van der Waals surface area contributed by atoms with Crippen LogP contribution in [0.2, 0.25) is 0 Å². The van der Waals surface area contributed by atoms with Gasteiger partial charge in [-0.15, -0.1) is 11.7 Å². The molecule has 0 radical (unpaired) electrons. The minimum atomic E-state index is 0.183. The third kappa shape index (κ3) is 2.42. The molecule has 0 spiro atoms. The lowest BCUT2D eigenvalue weighted by Crippen LogP contribution is -2.19. The normalized spacial score (nSPS) is 12.3. The maximum atomic E-state index is 4.13. The molecular formula is C13H16N4. The maximum absolute atomic E-state index is 4.13. The molecule has 0 aliphatic rings. The van der Waals surface area contributed by atoms with E-state index in [1.54, 1.807) is 6.20 Å². The lowest BCUT2D eigenvalue weighted by molar-refractivity contribution is 0.564. The summed E-state index contributed by atoms with van der Waals surface area (Å²) in [6.07, 6.45) is 4.53. The molecule has 2 aromatic rings. The van der Waals surface area contributed by atoms with Crippen molar-refractivity contribution in [1.29, 1.82) is 0 Å². The smallest absolute Gasteiger partial charge is 0.0818 e. The van der Waals surface area contributed by atoms with E-state index < -0.39 is 0 Å². The molecule has 0 bridgehead atoms. The zero-order chi connectivity index (χ0) is 12.1. The number of hydrogen-bond donors (Lipinski definition) is 1. The fraction of sp³-hybridized carbons (Fsp3) is 0.231. The lowest BCUT2D eigenvalue weighted by Gasteiger charge is -2.15. The van der Waals surface area contributed by atoms with E-state index in [0.29, 0.717) is 0 Å². The molecule has 0 saturated heterocycles. The number of rotatable bonds is 5. The minimum absolute atomic E-state index is 0.183. The van der Waals surface area contributed by atoms with Gasteiger partial charge in [-0.2, -0.15) is 0 Å². The molecule has 17 heavy (non-hydrogen) atoms. The maximum Gasteiger partial charge on any atom is 0.0818 e. The molecule has 0 fully saturated rings. The number of benzene rings is 1. The topological polar surface area (TPSA) is 42.7 Å². The van der Waals surface area contributed by atoms with Crippen LogP contribution in [0.25, 0.3) is 5.69 Å². The van der Waals surface area contributed by atoms with Gasteiger partial charge in [0.1, 0.15) is 0 Å². The van der Waals surface area contributed by atoms with Gasteiger partial charge in [0.05, 0.1) is 23.6 Å². The average molecular weight is 228 g/mol. The van der Waals surface area contributed by atoms with E-state index in [1.165, 1.54) is 0 Å². The number of nitrogens with zero attached hydrogens (tertiary/aromatic N) is 3. The molecule has 0 saturated carbocycles. The lowest BCUT2D eigenvalue weighted by atomic mass is 10.1. The first-order valence-corrected chi connectivity index (χ1v) is 5.61. The van der Waals surface area contributed by atoms with Crippen LogP contribution in [0.4, 0.5) is 0 Å².